The summed E-state index contributed by atoms with van der Waals surface area (Å²) in [6, 6.07) is 14.5. The fraction of sp³-hybridized carbons (Fsp3) is 0.417. The number of benzene rings is 2. The van der Waals surface area contributed by atoms with E-state index in [-0.39, 0.29) is 24.0 Å². The molecule has 4 rings (SSSR count). The number of hydrogen-bond donors (Lipinski definition) is 1. The third kappa shape index (κ3) is 4.10. The molecule has 1 aliphatic heterocycles. The van der Waals surface area contributed by atoms with Crippen molar-refractivity contribution in [2.75, 3.05) is 6.61 Å². The first kappa shape index (κ1) is 20.5. The van der Waals surface area contributed by atoms with Gasteiger partial charge in [0.05, 0.1) is 6.61 Å². The van der Waals surface area contributed by atoms with Crippen LogP contribution in [0.15, 0.2) is 54.6 Å². The average Bonchev–Trinajstić information content (AvgIpc) is 3.13. The van der Waals surface area contributed by atoms with Crippen LogP contribution in [0.1, 0.15) is 48.5 Å². The van der Waals surface area contributed by atoms with Gasteiger partial charge in [0.15, 0.2) is 0 Å². The van der Waals surface area contributed by atoms with Crippen LogP contribution in [0.25, 0.3) is 0 Å². The van der Waals surface area contributed by atoms with Crippen molar-refractivity contribution >= 4 is 11.8 Å². The molecule has 1 atom stereocenters. The first-order valence-electron chi connectivity index (χ1n) is 10.5. The molecule has 6 heteroatoms. The summed E-state index contributed by atoms with van der Waals surface area (Å²) in [4.78, 5) is 28.1. The Morgan fingerprint density at radius 3 is 2.57 bits per heavy atom. The molecule has 2 aliphatic rings. The standard InChI is InChI=1S/C24H27FN2O3/c1-17-10-12-24(13-11-17)27(23(29)19-8-5-9-20(25)14-19)21(16-30-24)22(28)26-15-18-6-3-2-4-7-18/h2-9,14,17,21H,10-13,15-16H2,1H3,(H,26,28). The summed E-state index contributed by atoms with van der Waals surface area (Å²) in [6.45, 7) is 2.71. The van der Waals surface area contributed by atoms with Crippen LogP contribution in [0.4, 0.5) is 4.39 Å². The summed E-state index contributed by atoms with van der Waals surface area (Å²) in [5.74, 6) is -0.533. The number of carbonyl (C=O) groups excluding carboxylic acids is 2. The van der Waals surface area contributed by atoms with E-state index in [0.717, 1.165) is 18.4 Å². The maximum Gasteiger partial charge on any atom is 0.256 e. The summed E-state index contributed by atoms with van der Waals surface area (Å²) < 4.78 is 19.9. The maximum atomic E-state index is 13.8. The smallest absolute Gasteiger partial charge is 0.256 e. The van der Waals surface area contributed by atoms with Crippen LogP contribution in [-0.4, -0.2) is 35.1 Å². The average molecular weight is 410 g/mol. The lowest BCUT2D eigenvalue weighted by molar-refractivity contribution is -0.128. The number of rotatable bonds is 4. The Bertz CT molecular complexity index is 910. The van der Waals surface area contributed by atoms with Crippen molar-refractivity contribution in [3.63, 3.8) is 0 Å². The molecule has 5 nitrogen and oxygen atoms in total. The van der Waals surface area contributed by atoms with Gasteiger partial charge in [0.2, 0.25) is 5.91 Å². The summed E-state index contributed by atoms with van der Waals surface area (Å²) in [5.41, 5.74) is 0.415. The van der Waals surface area contributed by atoms with Crippen LogP contribution in [0, 0.1) is 11.7 Å². The number of amides is 2. The van der Waals surface area contributed by atoms with Crippen molar-refractivity contribution in [2.45, 2.75) is 50.9 Å². The van der Waals surface area contributed by atoms with E-state index in [1.165, 1.54) is 18.2 Å². The van der Waals surface area contributed by atoms with Crippen molar-refractivity contribution in [3.05, 3.63) is 71.5 Å². The predicted molar refractivity (Wildman–Crippen MR) is 111 cm³/mol. The molecule has 1 aliphatic carbocycles. The predicted octanol–water partition coefficient (Wildman–Crippen LogP) is 3.89. The van der Waals surface area contributed by atoms with Gasteiger partial charge in [-0.3, -0.25) is 14.5 Å². The molecule has 1 saturated carbocycles. The lowest BCUT2D eigenvalue weighted by Crippen LogP contribution is -2.56. The molecule has 2 amide bonds. The molecule has 1 heterocycles. The first-order chi connectivity index (χ1) is 14.5. The van der Waals surface area contributed by atoms with E-state index in [1.54, 1.807) is 11.0 Å². The molecular weight excluding hydrogens is 383 g/mol. The second-order valence-corrected chi connectivity index (χ2v) is 8.34. The Kier molecular flexibility index (Phi) is 5.86. The quantitative estimate of drug-likeness (QED) is 0.832. The zero-order valence-corrected chi connectivity index (χ0v) is 17.1. The van der Waals surface area contributed by atoms with Crippen LogP contribution in [0.5, 0.6) is 0 Å². The molecule has 2 aromatic rings. The fourth-order valence-electron chi connectivity index (χ4n) is 4.44. The summed E-state index contributed by atoms with van der Waals surface area (Å²) in [6.07, 6.45) is 3.20. The van der Waals surface area contributed by atoms with Crippen molar-refractivity contribution < 1.29 is 18.7 Å². The van der Waals surface area contributed by atoms with Crippen LogP contribution < -0.4 is 5.32 Å². The number of halogens is 1. The Morgan fingerprint density at radius 2 is 1.87 bits per heavy atom. The van der Waals surface area contributed by atoms with E-state index < -0.39 is 17.6 Å². The molecule has 2 fully saturated rings. The van der Waals surface area contributed by atoms with Crippen LogP contribution >= 0.6 is 0 Å². The highest BCUT2D eigenvalue weighted by atomic mass is 19.1. The van der Waals surface area contributed by atoms with Crippen LogP contribution in [0.3, 0.4) is 0 Å². The Balaban J connectivity index is 1.58. The summed E-state index contributed by atoms with van der Waals surface area (Å²) >= 11 is 0. The number of nitrogens with one attached hydrogen (secondary N) is 1. The Labute approximate surface area is 176 Å². The van der Waals surface area contributed by atoms with E-state index in [9.17, 15) is 14.0 Å². The molecule has 158 valence electrons. The number of carbonyl (C=O) groups is 2. The van der Waals surface area contributed by atoms with E-state index in [0.29, 0.717) is 25.3 Å². The van der Waals surface area contributed by atoms with E-state index >= 15 is 0 Å². The highest BCUT2D eigenvalue weighted by molar-refractivity contribution is 5.98. The lowest BCUT2D eigenvalue weighted by atomic mass is 9.83. The Morgan fingerprint density at radius 1 is 1.13 bits per heavy atom. The number of nitrogens with zero attached hydrogens (tertiary/aromatic N) is 1. The van der Waals surface area contributed by atoms with Crippen LogP contribution in [-0.2, 0) is 16.1 Å². The van der Waals surface area contributed by atoms with Gasteiger partial charge in [0.1, 0.15) is 17.6 Å². The molecule has 0 aromatic heterocycles. The van der Waals surface area contributed by atoms with Gasteiger partial charge in [-0.05, 0) is 55.4 Å². The maximum absolute atomic E-state index is 13.8. The van der Waals surface area contributed by atoms with Gasteiger partial charge in [-0.25, -0.2) is 4.39 Å². The largest absolute Gasteiger partial charge is 0.353 e. The summed E-state index contributed by atoms with van der Waals surface area (Å²) in [5, 5.41) is 2.93. The van der Waals surface area contributed by atoms with Gasteiger partial charge in [0, 0.05) is 12.1 Å². The number of hydrogen-bond acceptors (Lipinski definition) is 3. The molecule has 1 N–H and O–H groups in total. The normalized spacial score (nSPS) is 26.0. The van der Waals surface area contributed by atoms with Gasteiger partial charge >= 0.3 is 0 Å². The Hall–Kier alpha value is -2.73. The first-order valence-corrected chi connectivity index (χ1v) is 10.5. The van der Waals surface area contributed by atoms with Crippen molar-refractivity contribution in [2.24, 2.45) is 5.92 Å². The van der Waals surface area contributed by atoms with Crippen molar-refractivity contribution in [1.82, 2.24) is 10.2 Å². The highest BCUT2D eigenvalue weighted by Crippen LogP contribution is 2.43. The third-order valence-corrected chi connectivity index (χ3v) is 6.22. The topological polar surface area (TPSA) is 58.6 Å². The zero-order chi connectivity index (χ0) is 21.1. The SMILES string of the molecule is CC1CCC2(CC1)OCC(C(=O)NCc1ccccc1)N2C(=O)c1cccc(F)c1. The minimum absolute atomic E-state index is 0.149. The van der Waals surface area contributed by atoms with E-state index in [4.69, 9.17) is 4.74 Å². The van der Waals surface area contributed by atoms with Crippen LogP contribution in [0.2, 0.25) is 0 Å². The monoisotopic (exact) mass is 410 g/mol. The fourth-order valence-corrected chi connectivity index (χ4v) is 4.44. The van der Waals surface area contributed by atoms with Crippen molar-refractivity contribution in [3.8, 4) is 0 Å². The van der Waals surface area contributed by atoms with E-state index in [2.05, 4.69) is 12.2 Å². The third-order valence-electron chi connectivity index (χ3n) is 6.22. The zero-order valence-electron chi connectivity index (χ0n) is 17.1. The minimum Gasteiger partial charge on any atom is -0.353 e. The van der Waals surface area contributed by atoms with Gasteiger partial charge in [-0.1, -0.05) is 43.3 Å². The van der Waals surface area contributed by atoms with Gasteiger partial charge < -0.3 is 10.1 Å². The summed E-state index contributed by atoms with van der Waals surface area (Å²) in [7, 11) is 0. The van der Waals surface area contributed by atoms with Crippen molar-refractivity contribution in [1.29, 1.82) is 0 Å². The van der Waals surface area contributed by atoms with E-state index in [1.807, 2.05) is 30.3 Å². The molecule has 0 bridgehead atoms. The molecular formula is C24H27FN2O3. The second kappa shape index (κ2) is 8.56. The minimum atomic E-state index is -0.801. The lowest BCUT2D eigenvalue weighted by Gasteiger charge is -2.43. The molecule has 1 spiro atoms. The molecule has 0 radical (unpaired) electrons. The van der Waals surface area contributed by atoms with Gasteiger partial charge in [0.25, 0.3) is 5.91 Å². The molecule has 1 unspecified atom stereocenters. The van der Waals surface area contributed by atoms with Gasteiger partial charge in [-0.15, -0.1) is 0 Å². The number of ether oxygens (including phenoxy) is 1. The molecule has 30 heavy (non-hydrogen) atoms. The molecule has 2 aromatic carbocycles. The molecule has 1 saturated heterocycles. The van der Waals surface area contributed by atoms with Gasteiger partial charge in [-0.2, -0.15) is 0 Å². The highest BCUT2D eigenvalue weighted by Gasteiger charge is 2.53. The second-order valence-electron chi connectivity index (χ2n) is 8.34.